The minimum atomic E-state index is 1.16. The average Bonchev–Trinajstić information content (AvgIpc) is 3.46. The van der Waals surface area contributed by atoms with Gasteiger partial charge in [0.25, 0.3) is 0 Å². The van der Waals surface area contributed by atoms with Gasteiger partial charge in [0.05, 0.1) is 11.0 Å². The highest BCUT2D eigenvalue weighted by molar-refractivity contribution is 6.19. The fourth-order valence-corrected chi connectivity index (χ4v) is 6.74. The number of aromatic nitrogens is 1. The first-order valence-electron chi connectivity index (χ1n) is 15.8. The van der Waals surface area contributed by atoms with Crippen molar-refractivity contribution in [3.63, 3.8) is 0 Å². The molecule has 7 aromatic carbocycles. The molecule has 0 spiro atoms. The van der Waals surface area contributed by atoms with Crippen LogP contribution in [0.2, 0.25) is 0 Å². The summed E-state index contributed by atoms with van der Waals surface area (Å²) in [6.07, 6.45) is 3.91. The molecular weight excluding hydrogens is 555 g/mol. The van der Waals surface area contributed by atoms with Crippen molar-refractivity contribution >= 4 is 38.2 Å². The second-order valence-corrected chi connectivity index (χ2v) is 11.9. The lowest BCUT2D eigenvalue weighted by Crippen LogP contribution is -1.94. The van der Waals surface area contributed by atoms with Gasteiger partial charge in [0.15, 0.2) is 0 Å². The van der Waals surface area contributed by atoms with Gasteiger partial charge in [-0.05, 0) is 87.2 Å². The predicted molar refractivity (Wildman–Crippen MR) is 198 cm³/mol. The van der Waals surface area contributed by atoms with Gasteiger partial charge in [0, 0.05) is 21.8 Å². The van der Waals surface area contributed by atoms with Crippen LogP contribution in [0.4, 0.5) is 0 Å². The lowest BCUT2D eigenvalue weighted by molar-refractivity contribution is 1.19. The van der Waals surface area contributed by atoms with Crippen molar-refractivity contribution in [2.24, 2.45) is 0 Å². The highest BCUT2D eigenvalue weighted by atomic mass is 15.0. The first-order valence-corrected chi connectivity index (χ1v) is 15.8. The van der Waals surface area contributed by atoms with Gasteiger partial charge < -0.3 is 4.57 Å². The molecule has 0 amide bonds. The van der Waals surface area contributed by atoms with E-state index in [4.69, 9.17) is 0 Å². The molecule has 8 rings (SSSR count). The Hall–Kier alpha value is -5.92. The average molecular weight is 588 g/mol. The standard InChI is InChI=1S/C45H33N/c1-3-11-31(2)35-14-10-15-36(28-35)37-22-25-41-39(29-37)24-27-43-42-26-23-38(30-44(42)46(45(41)43)40-16-8-5-9-17-40)34-20-18-33(19-21-34)32-12-6-4-7-13-32/h3-30H,1H2,2H3/b31-11+. The van der Waals surface area contributed by atoms with Gasteiger partial charge >= 0.3 is 0 Å². The number of hydrogen-bond donors (Lipinski definition) is 0. The summed E-state index contributed by atoms with van der Waals surface area (Å²) in [4.78, 5) is 0. The summed E-state index contributed by atoms with van der Waals surface area (Å²) in [5.74, 6) is 0. The van der Waals surface area contributed by atoms with Gasteiger partial charge in [-0.1, -0.05) is 146 Å². The number of allylic oxidation sites excluding steroid dienone is 3. The monoisotopic (exact) mass is 587 g/mol. The summed E-state index contributed by atoms with van der Waals surface area (Å²) < 4.78 is 2.44. The van der Waals surface area contributed by atoms with Gasteiger partial charge in [-0.25, -0.2) is 0 Å². The third-order valence-electron chi connectivity index (χ3n) is 9.10. The van der Waals surface area contributed by atoms with E-state index in [1.807, 2.05) is 6.08 Å². The summed E-state index contributed by atoms with van der Waals surface area (Å²) in [5, 5.41) is 4.99. The van der Waals surface area contributed by atoms with Gasteiger partial charge in [0.1, 0.15) is 0 Å². The van der Waals surface area contributed by atoms with E-state index < -0.39 is 0 Å². The molecule has 0 aliphatic carbocycles. The molecule has 0 saturated carbocycles. The Bertz CT molecular complexity index is 2410. The van der Waals surface area contributed by atoms with Crippen molar-refractivity contribution in [3.8, 4) is 39.1 Å². The van der Waals surface area contributed by atoms with E-state index in [-0.39, 0.29) is 0 Å². The Balaban J connectivity index is 1.30. The maximum Gasteiger partial charge on any atom is 0.0619 e. The topological polar surface area (TPSA) is 4.93 Å². The van der Waals surface area contributed by atoms with Crippen LogP contribution in [0, 0.1) is 0 Å². The Labute approximate surface area is 270 Å². The third-order valence-corrected chi connectivity index (χ3v) is 9.10. The molecule has 1 heteroatoms. The Morgan fingerprint density at radius 3 is 1.80 bits per heavy atom. The van der Waals surface area contributed by atoms with Crippen molar-refractivity contribution in [2.75, 3.05) is 0 Å². The number of rotatable bonds is 6. The van der Waals surface area contributed by atoms with Crippen molar-refractivity contribution < 1.29 is 0 Å². The zero-order chi connectivity index (χ0) is 31.0. The van der Waals surface area contributed by atoms with Crippen LogP contribution in [0.15, 0.2) is 176 Å². The predicted octanol–water partition coefficient (Wildman–Crippen LogP) is 12.5. The fourth-order valence-electron chi connectivity index (χ4n) is 6.74. The van der Waals surface area contributed by atoms with Crippen LogP contribution in [0.5, 0.6) is 0 Å². The van der Waals surface area contributed by atoms with E-state index in [1.165, 1.54) is 77.1 Å². The Morgan fingerprint density at radius 1 is 0.500 bits per heavy atom. The second-order valence-electron chi connectivity index (χ2n) is 11.9. The molecule has 0 unspecified atom stereocenters. The molecule has 0 aliphatic rings. The van der Waals surface area contributed by atoms with Crippen LogP contribution in [-0.4, -0.2) is 4.57 Å². The summed E-state index contributed by atoms with van der Waals surface area (Å²) in [7, 11) is 0. The van der Waals surface area contributed by atoms with E-state index in [2.05, 4.69) is 182 Å². The van der Waals surface area contributed by atoms with Crippen LogP contribution in [0.1, 0.15) is 12.5 Å². The molecule has 218 valence electrons. The molecule has 0 aliphatic heterocycles. The van der Waals surface area contributed by atoms with Gasteiger partial charge in [0.2, 0.25) is 0 Å². The lowest BCUT2D eigenvalue weighted by Gasteiger charge is -2.12. The van der Waals surface area contributed by atoms with E-state index in [9.17, 15) is 0 Å². The van der Waals surface area contributed by atoms with Crippen LogP contribution in [0.25, 0.3) is 77.2 Å². The number of nitrogens with zero attached hydrogens (tertiary/aromatic N) is 1. The largest absolute Gasteiger partial charge is 0.309 e. The highest BCUT2D eigenvalue weighted by Crippen LogP contribution is 2.39. The highest BCUT2D eigenvalue weighted by Gasteiger charge is 2.16. The van der Waals surface area contributed by atoms with E-state index in [0.717, 1.165) is 5.69 Å². The number of para-hydroxylation sites is 1. The van der Waals surface area contributed by atoms with Crippen LogP contribution in [-0.2, 0) is 0 Å². The zero-order valence-electron chi connectivity index (χ0n) is 25.8. The molecule has 1 heterocycles. The molecule has 0 radical (unpaired) electrons. The Kier molecular flexibility index (Phi) is 6.93. The molecule has 8 aromatic rings. The molecule has 0 saturated heterocycles. The van der Waals surface area contributed by atoms with Crippen molar-refractivity contribution in [2.45, 2.75) is 6.92 Å². The van der Waals surface area contributed by atoms with Crippen molar-refractivity contribution in [1.29, 1.82) is 0 Å². The molecule has 46 heavy (non-hydrogen) atoms. The van der Waals surface area contributed by atoms with Crippen LogP contribution >= 0.6 is 0 Å². The molecule has 0 N–H and O–H groups in total. The van der Waals surface area contributed by atoms with E-state index >= 15 is 0 Å². The number of fused-ring (bicyclic) bond motifs is 5. The quantitative estimate of drug-likeness (QED) is 0.171. The Morgan fingerprint density at radius 2 is 1.07 bits per heavy atom. The van der Waals surface area contributed by atoms with Crippen LogP contribution in [0.3, 0.4) is 0 Å². The number of hydrogen-bond acceptors (Lipinski definition) is 0. The molecule has 0 bridgehead atoms. The second kappa shape index (κ2) is 11.5. The maximum absolute atomic E-state index is 3.87. The minimum Gasteiger partial charge on any atom is -0.309 e. The molecule has 1 nitrogen and oxygen atoms in total. The first kappa shape index (κ1) is 27.6. The van der Waals surface area contributed by atoms with Gasteiger partial charge in [-0.15, -0.1) is 0 Å². The zero-order valence-corrected chi connectivity index (χ0v) is 25.8. The summed E-state index contributed by atoms with van der Waals surface area (Å²) in [6, 6.07) is 57.3. The molecule has 1 aromatic heterocycles. The number of benzene rings is 7. The third kappa shape index (κ3) is 4.83. The normalized spacial score (nSPS) is 11.8. The lowest BCUT2D eigenvalue weighted by atomic mass is 9.96. The fraction of sp³-hybridized carbons (Fsp3) is 0.0222. The van der Waals surface area contributed by atoms with E-state index in [0.29, 0.717) is 0 Å². The molecular formula is C45H33N. The summed E-state index contributed by atoms with van der Waals surface area (Å²) >= 11 is 0. The SMILES string of the molecule is C=C/C=C(\C)c1cccc(-c2ccc3c(ccc4c5ccc(-c6ccc(-c7ccccc7)cc6)cc5n(-c5ccccc5)c34)c2)c1. The molecule has 0 atom stereocenters. The first-order chi connectivity index (χ1) is 22.7. The van der Waals surface area contributed by atoms with Gasteiger partial charge in [-0.3, -0.25) is 0 Å². The summed E-state index contributed by atoms with van der Waals surface area (Å²) in [5.41, 5.74) is 13.3. The van der Waals surface area contributed by atoms with Crippen LogP contribution < -0.4 is 0 Å². The minimum absolute atomic E-state index is 1.16. The van der Waals surface area contributed by atoms with Crippen molar-refractivity contribution in [1.82, 2.24) is 4.57 Å². The summed E-state index contributed by atoms with van der Waals surface area (Å²) in [6.45, 7) is 6.00. The maximum atomic E-state index is 3.87. The van der Waals surface area contributed by atoms with E-state index in [1.54, 1.807) is 0 Å². The van der Waals surface area contributed by atoms with Crippen molar-refractivity contribution in [3.05, 3.63) is 182 Å². The molecule has 0 fully saturated rings. The van der Waals surface area contributed by atoms with Gasteiger partial charge in [-0.2, -0.15) is 0 Å². The smallest absolute Gasteiger partial charge is 0.0619 e.